The summed E-state index contributed by atoms with van der Waals surface area (Å²) < 4.78 is 5.25. The third-order valence-electron chi connectivity index (χ3n) is 1.58. The van der Waals surface area contributed by atoms with Crippen LogP contribution in [0.25, 0.3) is 0 Å². The largest absolute Gasteiger partial charge is 0.481 e. The van der Waals surface area contributed by atoms with Crippen molar-refractivity contribution in [2.45, 2.75) is 39.2 Å². The summed E-state index contributed by atoms with van der Waals surface area (Å²) in [7, 11) is 0. The van der Waals surface area contributed by atoms with Crippen LogP contribution in [0.1, 0.15) is 33.6 Å². The number of hydrogen-bond donors (Lipinski definition) is 2. The van der Waals surface area contributed by atoms with E-state index in [1.165, 1.54) is 0 Å². The molecule has 0 spiro atoms. The molecule has 0 unspecified atom stereocenters. The first-order valence-electron chi connectivity index (χ1n) is 4.96. The van der Waals surface area contributed by atoms with Crippen LogP contribution < -0.4 is 5.32 Å². The van der Waals surface area contributed by atoms with Gasteiger partial charge < -0.3 is 15.2 Å². The minimum atomic E-state index is -0.763. The number of ether oxygens (including phenoxy) is 1. The van der Waals surface area contributed by atoms with Gasteiger partial charge in [0.15, 0.2) is 0 Å². The lowest BCUT2D eigenvalue weighted by molar-refractivity contribution is -0.137. The molecule has 0 fully saturated rings. The topological polar surface area (TPSA) is 58.6 Å². The Balaban J connectivity index is 3.11. The zero-order valence-electron chi connectivity index (χ0n) is 9.30. The number of carboxylic acids is 1. The van der Waals surface area contributed by atoms with Gasteiger partial charge in [0.25, 0.3) is 0 Å². The van der Waals surface area contributed by atoms with E-state index in [9.17, 15) is 4.79 Å². The maximum atomic E-state index is 10.2. The van der Waals surface area contributed by atoms with Gasteiger partial charge in [-0.05, 0) is 27.2 Å². The molecule has 0 aliphatic rings. The SMILES string of the molecule is CC(C)(C)NCCOCCCC(=O)O. The van der Waals surface area contributed by atoms with Crippen LogP contribution in [0.3, 0.4) is 0 Å². The summed E-state index contributed by atoms with van der Waals surface area (Å²) in [6.07, 6.45) is 0.775. The van der Waals surface area contributed by atoms with Gasteiger partial charge in [-0.3, -0.25) is 4.79 Å². The van der Waals surface area contributed by atoms with Crippen LogP contribution in [-0.2, 0) is 9.53 Å². The minimum Gasteiger partial charge on any atom is -0.481 e. The van der Waals surface area contributed by atoms with Crippen molar-refractivity contribution in [3.8, 4) is 0 Å². The molecule has 0 saturated heterocycles. The van der Waals surface area contributed by atoms with Gasteiger partial charge in [0.05, 0.1) is 6.61 Å². The number of carbonyl (C=O) groups is 1. The van der Waals surface area contributed by atoms with E-state index < -0.39 is 5.97 Å². The van der Waals surface area contributed by atoms with Crippen LogP contribution in [0.15, 0.2) is 0 Å². The van der Waals surface area contributed by atoms with Crippen LogP contribution in [0.5, 0.6) is 0 Å². The number of aliphatic carboxylic acids is 1. The van der Waals surface area contributed by atoms with Gasteiger partial charge in [0.2, 0.25) is 0 Å². The van der Waals surface area contributed by atoms with Crippen molar-refractivity contribution < 1.29 is 14.6 Å². The van der Waals surface area contributed by atoms with Crippen LogP contribution in [0, 0.1) is 0 Å². The highest BCUT2D eigenvalue weighted by Crippen LogP contribution is 1.97. The second-order valence-electron chi connectivity index (χ2n) is 4.29. The summed E-state index contributed by atoms with van der Waals surface area (Å²) in [5.74, 6) is -0.763. The van der Waals surface area contributed by atoms with E-state index in [1.807, 2.05) is 0 Å². The summed E-state index contributed by atoms with van der Waals surface area (Å²) in [4.78, 5) is 10.2. The first-order chi connectivity index (χ1) is 6.42. The fraction of sp³-hybridized carbons (Fsp3) is 0.900. The molecular weight excluding hydrogens is 182 g/mol. The summed E-state index contributed by atoms with van der Waals surface area (Å²) in [5, 5.41) is 11.6. The Labute approximate surface area is 85.6 Å². The molecule has 0 aromatic rings. The molecule has 14 heavy (non-hydrogen) atoms. The molecule has 0 aromatic carbocycles. The highest BCUT2D eigenvalue weighted by Gasteiger charge is 2.06. The third kappa shape index (κ3) is 11.4. The highest BCUT2D eigenvalue weighted by molar-refractivity contribution is 5.66. The number of carboxylic acid groups (broad SMARTS) is 1. The maximum absolute atomic E-state index is 10.2. The van der Waals surface area contributed by atoms with Crippen molar-refractivity contribution in [1.29, 1.82) is 0 Å². The van der Waals surface area contributed by atoms with Crippen LogP contribution in [0.4, 0.5) is 0 Å². The summed E-state index contributed by atoms with van der Waals surface area (Å²) in [6.45, 7) is 8.25. The van der Waals surface area contributed by atoms with E-state index in [0.717, 1.165) is 6.54 Å². The Kier molecular flexibility index (Phi) is 6.49. The molecule has 2 N–H and O–H groups in total. The second-order valence-corrected chi connectivity index (χ2v) is 4.29. The van der Waals surface area contributed by atoms with Gasteiger partial charge in [-0.15, -0.1) is 0 Å². The molecule has 0 radical (unpaired) electrons. The van der Waals surface area contributed by atoms with Crippen molar-refractivity contribution in [2.24, 2.45) is 0 Å². The van der Waals surface area contributed by atoms with Crippen molar-refractivity contribution in [3.05, 3.63) is 0 Å². The molecular formula is C10H21NO3. The third-order valence-corrected chi connectivity index (χ3v) is 1.58. The smallest absolute Gasteiger partial charge is 0.303 e. The van der Waals surface area contributed by atoms with Crippen LogP contribution in [0.2, 0.25) is 0 Å². The lowest BCUT2D eigenvalue weighted by Gasteiger charge is -2.20. The van der Waals surface area contributed by atoms with E-state index in [4.69, 9.17) is 9.84 Å². The average molecular weight is 203 g/mol. The van der Waals surface area contributed by atoms with E-state index in [2.05, 4.69) is 26.1 Å². The molecule has 4 nitrogen and oxygen atoms in total. The summed E-state index contributed by atoms with van der Waals surface area (Å²) >= 11 is 0. The van der Waals surface area contributed by atoms with Crippen LogP contribution in [-0.4, -0.2) is 36.4 Å². The quantitative estimate of drug-likeness (QED) is 0.611. The normalized spacial score (nSPS) is 11.6. The average Bonchev–Trinajstić information content (AvgIpc) is 2.00. The molecule has 0 aromatic heterocycles. The molecule has 0 bridgehead atoms. The van der Waals surface area contributed by atoms with Crippen molar-refractivity contribution in [3.63, 3.8) is 0 Å². The van der Waals surface area contributed by atoms with Crippen molar-refractivity contribution in [2.75, 3.05) is 19.8 Å². The van der Waals surface area contributed by atoms with E-state index in [0.29, 0.717) is 19.6 Å². The molecule has 0 heterocycles. The van der Waals surface area contributed by atoms with Crippen LogP contribution >= 0.6 is 0 Å². The Hall–Kier alpha value is -0.610. The molecule has 0 atom stereocenters. The summed E-state index contributed by atoms with van der Waals surface area (Å²) in [5.41, 5.74) is 0.116. The monoisotopic (exact) mass is 203 g/mol. The first-order valence-corrected chi connectivity index (χ1v) is 4.96. The Bertz CT molecular complexity index is 163. The fourth-order valence-corrected chi connectivity index (χ4v) is 0.926. The minimum absolute atomic E-state index is 0.116. The van der Waals surface area contributed by atoms with Crippen molar-refractivity contribution in [1.82, 2.24) is 5.32 Å². The Morgan fingerprint density at radius 3 is 2.50 bits per heavy atom. The lowest BCUT2D eigenvalue weighted by atomic mass is 10.1. The van der Waals surface area contributed by atoms with Gasteiger partial charge in [0, 0.05) is 25.1 Å². The number of hydrogen-bond acceptors (Lipinski definition) is 3. The first kappa shape index (κ1) is 13.4. The Morgan fingerprint density at radius 2 is 2.00 bits per heavy atom. The van der Waals surface area contributed by atoms with E-state index in [-0.39, 0.29) is 12.0 Å². The molecule has 0 amide bonds. The standard InChI is InChI=1S/C10H21NO3/c1-10(2,3)11-6-8-14-7-4-5-9(12)13/h11H,4-8H2,1-3H3,(H,12,13). The van der Waals surface area contributed by atoms with E-state index >= 15 is 0 Å². The highest BCUT2D eigenvalue weighted by atomic mass is 16.5. The fourth-order valence-electron chi connectivity index (χ4n) is 0.926. The molecule has 0 aliphatic carbocycles. The lowest BCUT2D eigenvalue weighted by Crippen LogP contribution is -2.38. The molecule has 0 rings (SSSR count). The summed E-state index contributed by atoms with van der Waals surface area (Å²) in [6, 6.07) is 0. The van der Waals surface area contributed by atoms with Gasteiger partial charge in [-0.25, -0.2) is 0 Å². The zero-order valence-corrected chi connectivity index (χ0v) is 9.30. The van der Waals surface area contributed by atoms with Gasteiger partial charge in [0.1, 0.15) is 0 Å². The van der Waals surface area contributed by atoms with Gasteiger partial charge >= 0.3 is 5.97 Å². The molecule has 84 valence electrons. The number of nitrogens with one attached hydrogen (secondary N) is 1. The molecule has 0 saturated carbocycles. The predicted octanol–water partition coefficient (Wildman–Crippen LogP) is 1.26. The van der Waals surface area contributed by atoms with E-state index in [1.54, 1.807) is 0 Å². The zero-order chi connectivity index (χ0) is 11.0. The maximum Gasteiger partial charge on any atom is 0.303 e. The molecule has 0 aliphatic heterocycles. The predicted molar refractivity (Wildman–Crippen MR) is 55.4 cm³/mol. The second kappa shape index (κ2) is 6.79. The van der Waals surface area contributed by atoms with Crippen molar-refractivity contribution >= 4 is 5.97 Å². The Morgan fingerprint density at radius 1 is 1.36 bits per heavy atom. The number of rotatable bonds is 7. The molecule has 4 heteroatoms. The van der Waals surface area contributed by atoms with Gasteiger partial charge in [-0.2, -0.15) is 0 Å². The van der Waals surface area contributed by atoms with Gasteiger partial charge in [-0.1, -0.05) is 0 Å².